The average molecular weight is 244 g/mol. The normalized spacial score (nSPS) is 12.4. The van der Waals surface area contributed by atoms with Gasteiger partial charge in [0.15, 0.2) is 0 Å². The SMILES string of the molecule is CSc1ccc(C(N)Cc2ccccn2)cc1. The van der Waals surface area contributed by atoms with E-state index < -0.39 is 0 Å². The van der Waals surface area contributed by atoms with Crippen molar-refractivity contribution in [2.75, 3.05) is 6.26 Å². The van der Waals surface area contributed by atoms with Crippen molar-refractivity contribution >= 4 is 11.8 Å². The van der Waals surface area contributed by atoms with Crippen molar-refractivity contribution in [3.8, 4) is 0 Å². The van der Waals surface area contributed by atoms with Crippen molar-refractivity contribution in [2.24, 2.45) is 5.73 Å². The number of nitrogens with two attached hydrogens (primary N) is 1. The molecule has 1 atom stereocenters. The first kappa shape index (κ1) is 12.1. The molecule has 17 heavy (non-hydrogen) atoms. The second-order valence-electron chi connectivity index (χ2n) is 3.90. The van der Waals surface area contributed by atoms with E-state index in [4.69, 9.17) is 5.73 Å². The van der Waals surface area contributed by atoms with Crippen molar-refractivity contribution in [3.05, 3.63) is 59.9 Å². The van der Waals surface area contributed by atoms with Gasteiger partial charge in [-0.1, -0.05) is 18.2 Å². The van der Waals surface area contributed by atoms with Crippen LogP contribution in [0.4, 0.5) is 0 Å². The zero-order valence-electron chi connectivity index (χ0n) is 9.84. The van der Waals surface area contributed by atoms with E-state index in [1.807, 2.05) is 18.2 Å². The number of pyridine rings is 1. The Morgan fingerprint density at radius 3 is 2.53 bits per heavy atom. The molecule has 0 saturated heterocycles. The first-order chi connectivity index (χ1) is 8.29. The predicted octanol–water partition coefficient (Wildman–Crippen LogP) is 3.05. The van der Waals surface area contributed by atoms with Crippen LogP contribution in [0.3, 0.4) is 0 Å². The third-order valence-corrected chi connectivity index (χ3v) is 3.44. The molecule has 1 heterocycles. The van der Waals surface area contributed by atoms with Crippen LogP contribution in [0.5, 0.6) is 0 Å². The van der Waals surface area contributed by atoms with E-state index in [1.54, 1.807) is 18.0 Å². The summed E-state index contributed by atoms with van der Waals surface area (Å²) in [6, 6.07) is 14.3. The van der Waals surface area contributed by atoms with Gasteiger partial charge in [0.05, 0.1) is 0 Å². The molecule has 0 spiro atoms. The smallest absolute Gasteiger partial charge is 0.0422 e. The molecule has 2 rings (SSSR count). The van der Waals surface area contributed by atoms with Crippen molar-refractivity contribution in [3.63, 3.8) is 0 Å². The monoisotopic (exact) mass is 244 g/mol. The second-order valence-corrected chi connectivity index (χ2v) is 4.78. The Labute approximate surface area is 106 Å². The summed E-state index contributed by atoms with van der Waals surface area (Å²) >= 11 is 1.74. The molecule has 1 unspecified atom stereocenters. The summed E-state index contributed by atoms with van der Waals surface area (Å²) in [7, 11) is 0. The van der Waals surface area contributed by atoms with E-state index in [1.165, 1.54) is 4.90 Å². The summed E-state index contributed by atoms with van der Waals surface area (Å²) < 4.78 is 0. The molecule has 1 aromatic heterocycles. The molecule has 0 saturated carbocycles. The highest BCUT2D eigenvalue weighted by atomic mass is 32.2. The quantitative estimate of drug-likeness (QED) is 0.840. The average Bonchev–Trinajstić information content (AvgIpc) is 2.40. The Morgan fingerprint density at radius 1 is 1.18 bits per heavy atom. The molecule has 0 bridgehead atoms. The second kappa shape index (κ2) is 5.84. The Morgan fingerprint density at radius 2 is 1.94 bits per heavy atom. The Hall–Kier alpha value is -1.32. The molecule has 0 aliphatic rings. The number of aromatic nitrogens is 1. The molecule has 0 aliphatic heterocycles. The molecule has 3 heteroatoms. The molecule has 2 aromatic rings. The predicted molar refractivity (Wildman–Crippen MR) is 73.1 cm³/mol. The van der Waals surface area contributed by atoms with Crippen LogP contribution >= 0.6 is 11.8 Å². The molecule has 0 aliphatic carbocycles. The maximum absolute atomic E-state index is 6.17. The molecule has 0 radical (unpaired) electrons. The van der Waals surface area contributed by atoms with Crippen LogP contribution in [0.1, 0.15) is 17.3 Å². The summed E-state index contributed by atoms with van der Waals surface area (Å²) in [6.45, 7) is 0. The number of benzene rings is 1. The van der Waals surface area contributed by atoms with Gasteiger partial charge in [-0.2, -0.15) is 0 Å². The third-order valence-electron chi connectivity index (χ3n) is 2.70. The summed E-state index contributed by atoms with van der Waals surface area (Å²) in [5.74, 6) is 0. The lowest BCUT2D eigenvalue weighted by Crippen LogP contribution is -2.13. The van der Waals surface area contributed by atoms with Gasteiger partial charge in [0.2, 0.25) is 0 Å². The lowest BCUT2D eigenvalue weighted by Gasteiger charge is -2.11. The molecular formula is C14H16N2S. The number of hydrogen-bond acceptors (Lipinski definition) is 3. The van der Waals surface area contributed by atoms with Crippen LogP contribution in [-0.2, 0) is 6.42 Å². The van der Waals surface area contributed by atoms with Gasteiger partial charge in [-0.15, -0.1) is 11.8 Å². The summed E-state index contributed by atoms with van der Waals surface area (Å²) in [5, 5.41) is 0. The van der Waals surface area contributed by atoms with E-state index in [2.05, 4.69) is 35.5 Å². The van der Waals surface area contributed by atoms with E-state index in [-0.39, 0.29) is 6.04 Å². The lowest BCUT2D eigenvalue weighted by atomic mass is 10.0. The number of nitrogens with zero attached hydrogens (tertiary/aromatic N) is 1. The highest BCUT2D eigenvalue weighted by Gasteiger charge is 2.07. The molecule has 2 N–H and O–H groups in total. The van der Waals surface area contributed by atoms with Gasteiger partial charge < -0.3 is 5.73 Å². The van der Waals surface area contributed by atoms with Gasteiger partial charge >= 0.3 is 0 Å². The maximum atomic E-state index is 6.17. The molecule has 0 fully saturated rings. The minimum absolute atomic E-state index is 0.0146. The third kappa shape index (κ3) is 3.32. The van der Waals surface area contributed by atoms with Gasteiger partial charge in [0.25, 0.3) is 0 Å². The number of rotatable bonds is 4. The molecule has 0 amide bonds. The van der Waals surface area contributed by atoms with Crippen molar-refractivity contribution < 1.29 is 0 Å². The molecule has 2 nitrogen and oxygen atoms in total. The summed E-state index contributed by atoms with van der Waals surface area (Å²) in [6.07, 6.45) is 4.65. The molecule has 1 aromatic carbocycles. The fourth-order valence-corrected chi connectivity index (χ4v) is 2.12. The number of hydrogen-bond donors (Lipinski definition) is 1. The maximum Gasteiger partial charge on any atom is 0.0422 e. The van der Waals surface area contributed by atoms with Crippen LogP contribution in [0.2, 0.25) is 0 Å². The van der Waals surface area contributed by atoms with E-state index >= 15 is 0 Å². The molecule has 88 valence electrons. The Bertz CT molecular complexity index is 453. The van der Waals surface area contributed by atoms with Crippen LogP contribution in [0.15, 0.2) is 53.6 Å². The van der Waals surface area contributed by atoms with Crippen LogP contribution < -0.4 is 5.73 Å². The van der Waals surface area contributed by atoms with E-state index in [0.717, 1.165) is 17.7 Å². The fraction of sp³-hybridized carbons (Fsp3) is 0.214. The minimum atomic E-state index is 0.0146. The topological polar surface area (TPSA) is 38.9 Å². The largest absolute Gasteiger partial charge is 0.324 e. The van der Waals surface area contributed by atoms with Gasteiger partial charge in [-0.3, -0.25) is 4.98 Å². The lowest BCUT2D eigenvalue weighted by molar-refractivity contribution is 0.706. The van der Waals surface area contributed by atoms with Crippen LogP contribution in [-0.4, -0.2) is 11.2 Å². The highest BCUT2D eigenvalue weighted by Crippen LogP contribution is 2.19. The zero-order chi connectivity index (χ0) is 12.1. The highest BCUT2D eigenvalue weighted by molar-refractivity contribution is 7.98. The number of thioether (sulfide) groups is 1. The van der Waals surface area contributed by atoms with Crippen LogP contribution in [0, 0.1) is 0 Å². The van der Waals surface area contributed by atoms with Gasteiger partial charge in [0, 0.05) is 29.2 Å². The summed E-state index contributed by atoms with van der Waals surface area (Å²) in [5.41, 5.74) is 8.37. The zero-order valence-corrected chi connectivity index (χ0v) is 10.7. The van der Waals surface area contributed by atoms with Crippen molar-refractivity contribution in [1.82, 2.24) is 4.98 Å². The minimum Gasteiger partial charge on any atom is -0.324 e. The molecular weight excluding hydrogens is 228 g/mol. The Balaban J connectivity index is 2.06. The fourth-order valence-electron chi connectivity index (χ4n) is 1.71. The van der Waals surface area contributed by atoms with Crippen molar-refractivity contribution in [2.45, 2.75) is 17.4 Å². The van der Waals surface area contributed by atoms with E-state index in [9.17, 15) is 0 Å². The van der Waals surface area contributed by atoms with Gasteiger partial charge in [-0.25, -0.2) is 0 Å². The standard InChI is InChI=1S/C14H16N2S/c1-17-13-7-5-11(6-8-13)14(15)10-12-4-2-3-9-16-12/h2-9,14H,10,15H2,1H3. The first-order valence-electron chi connectivity index (χ1n) is 5.59. The van der Waals surface area contributed by atoms with Crippen molar-refractivity contribution in [1.29, 1.82) is 0 Å². The Kier molecular flexibility index (Phi) is 4.18. The summed E-state index contributed by atoms with van der Waals surface area (Å²) in [4.78, 5) is 5.56. The van der Waals surface area contributed by atoms with Gasteiger partial charge in [0.1, 0.15) is 0 Å². The van der Waals surface area contributed by atoms with Crippen LogP contribution in [0.25, 0.3) is 0 Å². The van der Waals surface area contributed by atoms with E-state index in [0.29, 0.717) is 0 Å². The van der Waals surface area contributed by atoms with Gasteiger partial charge in [-0.05, 0) is 36.1 Å². The first-order valence-corrected chi connectivity index (χ1v) is 6.81.